The summed E-state index contributed by atoms with van der Waals surface area (Å²) < 4.78 is 5.87. The summed E-state index contributed by atoms with van der Waals surface area (Å²) in [5.74, 6) is 0.894. The molecule has 0 radical (unpaired) electrons. The van der Waals surface area contributed by atoms with Crippen LogP contribution < -0.4 is 0 Å². The van der Waals surface area contributed by atoms with E-state index in [0.29, 0.717) is 24.2 Å². The largest absolute Gasteiger partial charge is 0.481 e. The minimum absolute atomic E-state index is 0.0769. The van der Waals surface area contributed by atoms with Crippen molar-refractivity contribution >= 4 is 17.8 Å². The van der Waals surface area contributed by atoms with Crippen LogP contribution in [0.3, 0.4) is 0 Å². The molecule has 0 unspecified atom stereocenters. The van der Waals surface area contributed by atoms with Gasteiger partial charge in [-0.15, -0.1) is 0 Å². The van der Waals surface area contributed by atoms with Gasteiger partial charge in [-0.1, -0.05) is 56.7 Å². The summed E-state index contributed by atoms with van der Waals surface area (Å²) in [6.07, 6.45) is 9.45. The molecule has 2 aromatic rings. The third-order valence-electron chi connectivity index (χ3n) is 9.51. The zero-order valence-corrected chi connectivity index (χ0v) is 19.8. The molecule has 0 bridgehead atoms. The van der Waals surface area contributed by atoms with Crippen molar-refractivity contribution in [2.24, 2.45) is 34.5 Å². The third kappa shape index (κ3) is 3.41. The molecule has 0 saturated heterocycles. The van der Waals surface area contributed by atoms with Crippen LogP contribution in [0.4, 0.5) is 0 Å². The van der Waals surface area contributed by atoms with E-state index in [1.54, 1.807) is 12.3 Å². The van der Waals surface area contributed by atoms with Crippen LogP contribution in [0, 0.1) is 34.5 Å². The summed E-state index contributed by atoms with van der Waals surface area (Å²) in [4.78, 5) is 26.4. The first kappa shape index (κ1) is 22.2. The molecule has 2 saturated carbocycles. The highest BCUT2D eigenvalue weighted by Gasteiger charge is 2.64. The number of hydrogen-bond acceptors (Lipinski definition) is 3. The Morgan fingerprint density at radius 3 is 2.61 bits per heavy atom. The Hall–Kier alpha value is -2.62. The number of aliphatic carboxylic acids is 1. The number of furan rings is 1. The minimum atomic E-state index is -0.897. The molecular weight excluding hydrogens is 412 g/mol. The molecule has 0 spiro atoms. The normalized spacial score (nSPS) is 37.7. The molecule has 4 nitrogen and oxygen atoms in total. The molecule has 0 aliphatic heterocycles. The van der Waals surface area contributed by atoms with Crippen molar-refractivity contribution < 1.29 is 19.1 Å². The van der Waals surface area contributed by atoms with Crippen molar-refractivity contribution in [1.82, 2.24) is 0 Å². The van der Waals surface area contributed by atoms with E-state index in [0.717, 1.165) is 37.0 Å². The first-order chi connectivity index (χ1) is 15.8. The van der Waals surface area contributed by atoms with Crippen molar-refractivity contribution in [2.75, 3.05) is 0 Å². The Morgan fingerprint density at radius 2 is 1.88 bits per heavy atom. The van der Waals surface area contributed by atoms with Crippen LogP contribution in [0.25, 0.3) is 6.08 Å². The van der Waals surface area contributed by atoms with Crippen molar-refractivity contribution in [3.05, 3.63) is 65.6 Å². The van der Waals surface area contributed by atoms with E-state index < -0.39 is 11.4 Å². The van der Waals surface area contributed by atoms with Gasteiger partial charge in [-0.05, 0) is 78.5 Å². The van der Waals surface area contributed by atoms with E-state index in [-0.39, 0.29) is 23.0 Å². The molecule has 174 valence electrons. The molecule has 5 rings (SSSR count). The Morgan fingerprint density at radius 1 is 1.12 bits per heavy atom. The van der Waals surface area contributed by atoms with E-state index in [9.17, 15) is 14.7 Å². The molecule has 1 heterocycles. The van der Waals surface area contributed by atoms with Gasteiger partial charge in [0.1, 0.15) is 5.76 Å². The van der Waals surface area contributed by atoms with Crippen molar-refractivity contribution in [3.8, 4) is 0 Å². The number of carboxylic acid groups (broad SMARTS) is 1. The third-order valence-corrected chi connectivity index (χ3v) is 9.51. The number of rotatable bonds is 4. The van der Waals surface area contributed by atoms with Crippen molar-refractivity contribution in [1.29, 1.82) is 0 Å². The number of hydrogen-bond donors (Lipinski definition) is 1. The van der Waals surface area contributed by atoms with Crippen LogP contribution in [0.15, 0.2) is 53.2 Å². The van der Waals surface area contributed by atoms with Crippen LogP contribution in [-0.4, -0.2) is 16.9 Å². The Kier molecular flexibility index (Phi) is 5.38. The smallest absolute Gasteiger partial charge is 0.309 e. The molecule has 3 aliphatic rings. The summed E-state index contributed by atoms with van der Waals surface area (Å²) in [7, 11) is 0. The number of carboxylic acids is 1. The summed E-state index contributed by atoms with van der Waals surface area (Å²) in [6.45, 7) is 6.43. The van der Waals surface area contributed by atoms with Crippen LogP contribution in [0.5, 0.6) is 0 Å². The molecule has 2 fully saturated rings. The Labute approximate surface area is 196 Å². The number of allylic oxidation sites excluding steroid dienone is 1. The standard InChI is InChI=1S/C29H34O4/c1-18-20-12-15-33-25(20)17-23-21(18)16-22(24(30)11-10-19-8-5-4-6-9-19)26-28(23,2)13-7-14-29(26,3)27(31)32/h4-6,8-12,15,18,21-23,26H,7,13-14,16-17H2,1-3H3,(H,31,32)/b11-10+/t18-,21-,22+,23+,26+,28+,29-/m1/s1. The number of ketones is 1. The topological polar surface area (TPSA) is 67.5 Å². The van der Waals surface area contributed by atoms with Gasteiger partial charge in [0.25, 0.3) is 0 Å². The highest BCUT2D eigenvalue weighted by atomic mass is 16.4. The molecule has 1 N–H and O–H groups in total. The van der Waals surface area contributed by atoms with Gasteiger partial charge in [-0.25, -0.2) is 0 Å². The van der Waals surface area contributed by atoms with Crippen LogP contribution in [0.2, 0.25) is 0 Å². The highest BCUT2D eigenvalue weighted by Crippen LogP contribution is 2.66. The van der Waals surface area contributed by atoms with Crippen LogP contribution >= 0.6 is 0 Å². The highest BCUT2D eigenvalue weighted by molar-refractivity contribution is 5.96. The van der Waals surface area contributed by atoms with Crippen molar-refractivity contribution in [3.63, 3.8) is 0 Å². The monoisotopic (exact) mass is 446 g/mol. The summed E-state index contributed by atoms with van der Waals surface area (Å²) in [6, 6.07) is 11.9. The van der Waals surface area contributed by atoms with Crippen LogP contribution in [0.1, 0.15) is 69.3 Å². The van der Waals surface area contributed by atoms with E-state index >= 15 is 0 Å². The molecule has 0 amide bonds. The maximum atomic E-state index is 13.8. The summed E-state index contributed by atoms with van der Waals surface area (Å²) in [5.41, 5.74) is 1.14. The molecule has 1 aromatic carbocycles. The predicted octanol–water partition coefficient (Wildman–Crippen LogP) is 6.37. The quantitative estimate of drug-likeness (QED) is 0.554. The first-order valence-corrected chi connectivity index (χ1v) is 12.3. The maximum absolute atomic E-state index is 13.8. The van der Waals surface area contributed by atoms with E-state index in [2.05, 4.69) is 19.9 Å². The van der Waals surface area contributed by atoms with Gasteiger partial charge in [-0.3, -0.25) is 9.59 Å². The average Bonchev–Trinajstić information content (AvgIpc) is 3.27. The Balaban J connectivity index is 1.58. The fraction of sp³-hybridized carbons (Fsp3) is 0.517. The van der Waals surface area contributed by atoms with E-state index in [1.807, 2.05) is 43.3 Å². The lowest BCUT2D eigenvalue weighted by molar-refractivity contribution is -0.182. The summed E-state index contributed by atoms with van der Waals surface area (Å²) in [5, 5.41) is 10.4. The van der Waals surface area contributed by atoms with Gasteiger partial charge < -0.3 is 9.52 Å². The zero-order valence-electron chi connectivity index (χ0n) is 19.8. The minimum Gasteiger partial charge on any atom is -0.481 e. The second kappa shape index (κ2) is 8.00. The van der Waals surface area contributed by atoms with Gasteiger partial charge in [-0.2, -0.15) is 0 Å². The second-order valence-electron chi connectivity index (χ2n) is 11.1. The number of carbonyl (C=O) groups excluding carboxylic acids is 1. The average molecular weight is 447 g/mol. The molecule has 1 aromatic heterocycles. The zero-order chi connectivity index (χ0) is 23.4. The fourth-order valence-electron chi connectivity index (χ4n) is 7.95. The van der Waals surface area contributed by atoms with Gasteiger partial charge in [0.2, 0.25) is 0 Å². The van der Waals surface area contributed by atoms with Crippen molar-refractivity contribution in [2.45, 2.75) is 58.8 Å². The number of benzene rings is 1. The Bertz CT molecular complexity index is 1080. The lowest BCUT2D eigenvalue weighted by atomic mass is 9.40. The SMILES string of the molecule is C[C@@H]1c2ccoc2C[C@H]2[C@@H]1C[C@@H](C(=O)/C=C/c1ccccc1)[C@H]1[C@@]2(C)CCC[C@@]1(C)C(=O)O. The number of carbonyl (C=O) groups is 2. The van der Waals surface area contributed by atoms with E-state index in [1.165, 1.54) is 5.56 Å². The molecule has 3 aliphatic carbocycles. The molecular formula is C29H34O4. The predicted molar refractivity (Wildman–Crippen MR) is 128 cm³/mol. The maximum Gasteiger partial charge on any atom is 0.309 e. The van der Waals surface area contributed by atoms with Gasteiger partial charge in [0.15, 0.2) is 5.78 Å². The van der Waals surface area contributed by atoms with Gasteiger partial charge in [0, 0.05) is 12.3 Å². The fourth-order valence-corrected chi connectivity index (χ4v) is 7.95. The lowest BCUT2D eigenvalue weighted by Crippen LogP contribution is -2.61. The second-order valence-corrected chi connectivity index (χ2v) is 11.1. The van der Waals surface area contributed by atoms with Crippen LogP contribution in [-0.2, 0) is 16.0 Å². The number of fused-ring (bicyclic) bond motifs is 4. The molecule has 4 heteroatoms. The molecule has 7 atom stereocenters. The van der Waals surface area contributed by atoms with Gasteiger partial charge >= 0.3 is 5.97 Å². The lowest BCUT2D eigenvalue weighted by Gasteiger charge is -2.62. The van der Waals surface area contributed by atoms with E-state index in [4.69, 9.17) is 4.42 Å². The molecule has 33 heavy (non-hydrogen) atoms. The first-order valence-electron chi connectivity index (χ1n) is 12.3. The summed E-state index contributed by atoms with van der Waals surface area (Å²) >= 11 is 0. The van der Waals surface area contributed by atoms with Gasteiger partial charge in [0.05, 0.1) is 11.7 Å².